The molecule has 0 fully saturated rings. The van der Waals surface area contributed by atoms with E-state index in [9.17, 15) is 0 Å². The first-order valence-corrected chi connectivity index (χ1v) is 5.87. The van der Waals surface area contributed by atoms with Crippen molar-refractivity contribution in [3.8, 4) is 6.07 Å². The van der Waals surface area contributed by atoms with Gasteiger partial charge in [0, 0.05) is 11.4 Å². The average molecular weight is 232 g/mol. The van der Waals surface area contributed by atoms with Gasteiger partial charge < -0.3 is 5.32 Å². The molecule has 0 amide bonds. The lowest BCUT2D eigenvalue weighted by molar-refractivity contribution is 1.05. The maximum absolute atomic E-state index is 8.50. The Morgan fingerprint density at radius 3 is 3.00 bits per heavy atom. The van der Waals surface area contributed by atoms with E-state index in [1.807, 2.05) is 0 Å². The van der Waals surface area contributed by atoms with Crippen molar-refractivity contribution in [1.29, 1.82) is 5.26 Å². The predicted octanol–water partition coefficient (Wildman–Crippen LogP) is 2.63. The first kappa shape index (κ1) is 10.8. The number of fused-ring (bicyclic) bond motifs is 1. The number of aromatic nitrogens is 2. The van der Waals surface area contributed by atoms with Crippen LogP contribution in [0.5, 0.6) is 0 Å². The van der Waals surface area contributed by atoms with Crippen molar-refractivity contribution in [2.24, 2.45) is 0 Å². The molecule has 2 aromatic heterocycles. The van der Waals surface area contributed by atoms with Crippen LogP contribution in [0, 0.1) is 25.2 Å². The predicted molar refractivity (Wildman–Crippen MR) is 65.6 cm³/mol. The molecule has 0 bridgehead atoms. The fourth-order valence-corrected chi connectivity index (χ4v) is 2.55. The summed E-state index contributed by atoms with van der Waals surface area (Å²) < 4.78 is 0. The Morgan fingerprint density at radius 2 is 2.25 bits per heavy atom. The number of nitrogens with zero attached hydrogens (tertiary/aromatic N) is 3. The number of thiophene rings is 1. The van der Waals surface area contributed by atoms with E-state index in [1.54, 1.807) is 17.7 Å². The average Bonchev–Trinajstić information content (AvgIpc) is 2.56. The standard InChI is InChI=1S/C11H12N4S/c1-7-8(2)16-11-9(7)10(14-6-15-11)13-5-3-4-12/h6H,3,5H2,1-2H3,(H,13,14,15). The molecule has 0 saturated heterocycles. The minimum atomic E-state index is 0.480. The van der Waals surface area contributed by atoms with Crippen molar-refractivity contribution in [2.75, 3.05) is 11.9 Å². The Morgan fingerprint density at radius 1 is 1.44 bits per heavy atom. The molecule has 0 aliphatic carbocycles. The normalized spacial score (nSPS) is 10.3. The van der Waals surface area contributed by atoms with Gasteiger partial charge in [-0.2, -0.15) is 5.26 Å². The van der Waals surface area contributed by atoms with Gasteiger partial charge in [-0.15, -0.1) is 11.3 Å². The van der Waals surface area contributed by atoms with E-state index in [0.29, 0.717) is 13.0 Å². The highest BCUT2D eigenvalue weighted by atomic mass is 32.1. The minimum Gasteiger partial charge on any atom is -0.368 e. The largest absolute Gasteiger partial charge is 0.368 e. The highest BCUT2D eigenvalue weighted by Crippen LogP contribution is 2.32. The van der Waals surface area contributed by atoms with E-state index in [0.717, 1.165) is 16.0 Å². The van der Waals surface area contributed by atoms with E-state index in [2.05, 4.69) is 35.2 Å². The number of nitriles is 1. The summed E-state index contributed by atoms with van der Waals surface area (Å²) in [4.78, 5) is 10.7. The number of hydrogen-bond acceptors (Lipinski definition) is 5. The summed E-state index contributed by atoms with van der Waals surface area (Å²) in [6.07, 6.45) is 2.04. The van der Waals surface area contributed by atoms with Crippen molar-refractivity contribution in [3.63, 3.8) is 0 Å². The molecule has 0 aliphatic rings. The van der Waals surface area contributed by atoms with Crippen LogP contribution in [0.15, 0.2) is 6.33 Å². The van der Waals surface area contributed by atoms with Crippen LogP contribution >= 0.6 is 11.3 Å². The highest BCUT2D eigenvalue weighted by Gasteiger charge is 2.10. The van der Waals surface area contributed by atoms with Gasteiger partial charge in [-0.25, -0.2) is 9.97 Å². The Hall–Kier alpha value is -1.67. The lowest BCUT2D eigenvalue weighted by Gasteiger charge is -2.04. The van der Waals surface area contributed by atoms with Crippen LogP contribution in [0.4, 0.5) is 5.82 Å². The molecule has 4 nitrogen and oxygen atoms in total. The maximum Gasteiger partial charge on any atom is 0.138 e. The van der Waals surface area contributed by atoms with Crippen molar-refractivity contribution in [1.82, 2.24) is 9.97 Å². The first-order chi connectivity index (χ1) is 7.74. The summed E-state index contributed by atoms with van der Waals surface area (Å²) in [5.74, 6) is 0.835. The molecular formula is C11H12N4S. The van der Waals surface area contributed by atoms with Gasteiger partial charge in [-0.3, -0.25) is 0 Å². The second-order valence-corrected chi connectivity index (χ2v) is 4.72. The number of hydrogen-bond donors (Lipinski definition) is 1. The fraction of sp³-hybridized carbons (Fsp3) is 0.364. The van der Waals surface area contributed by atoms with Crippen molar-refractivity contribution >= 4 is 27.4 Å². The van der Waals surface area contributed by atoms with Gasteiger partial charge >= 0.3 is 0 Å². The summed E-state index contributed by atoms with van der Waals surface area (Å²) in [5.41, 5.74) is 1.22. The first-order valence-electron chi connectivity index (χ1n) is 5.05. The molecule has 0 aromatic carbocycles. The van der Waals surface area contributed by atoms with Crippen LogP contribution in [-0.2, 0) is 0 Å². The van der Waals surface area contributed by atoms with Crippen LogP contribution in [-0.4, -0.2) is 16.5 Å². The molecule has 16 heavy (non-hydrogen) atoms. The van der Waals surface area contributed by atoms with Gasteiger partial charge in [0.2, 0.25) is 0 Å². The van der Waals surface area contributed by atoms with Crippen LogP contribution in [0.2, 0.25) is 0 Å². The number of anilines is 1. The number of nitrogens with one attached hydrogen (secondary N) is 1. The van der Waals surface area contributed by atoms with Gasteiger partial charge in [-0.1, -0.05) is 0 Å². The molecule has 2 rings (SSSR count). The molecule has 0 spiro atoms. The van der Waals surface area contributed by atoms with Gasteiger partial charge in [0.15, 0.2) is 0 Å². The van der Waals surface area contributed by atoms with E-state index in [1.165, 1.54) is 10.4 Å². The Bertz CT molecular complexity index is 553. The van der Waals surface area contributed by atoms with E-state index < -0.39 is 0 Å². The summed E-state index contributed by atoms with van der Waals surface area (Å²) >= 11 is 1.68. The second kappa shape index (κ2) is 4.45. The molecule has 82 valence electrons. The molecule has 0 radical (unpaired) electrons. The Labute approximate surface area is 98.0 Å². The fourth-order valence-electron chi connectivity index (χ4n) is 1.55. The van der Waals surface area contributed by atoms with Gasteiger partial charge in [0.1, 0.15) is 17.0 Å². The molecule has 5 heteroatoms. The molecule has 2 aromatic rings. The molecule has 0 saturated carbocycles. The summed E-state index contributed by atoms with van der Waals surface area (Å²) in [6, 6.07) is 2.10. The smallest absolute Gasteiger partial charge is 0.138 e. The van der Waals surface area contributed by atoms with Crippen molar-refractivity contribution in [3.05, 3.63) is 16.8 Å². The Kier molecular flexibility index (Phi) is 3.02. The zero-order valence-electron chi connectivity index (χ0n) is 9.24. The molecular weight excluding hydrogens is 220 g/mol. The second-order valence-electron chi connectivity index (χ2n) is 3.52. The van der Waals surface area contributed by atoms with Gasteiger partial charge in [0.05, 0.1) is 17.9 Å². The highest BCUT2D eigenvalue weighted by molar-refractivity contribution is 7.18. The maximum atomic E-state index is 8.50. The molecule has 2 heterocycles. The van der Waals surface area contributed by atoms with Gasteiger partial charge in [-0.05, 0) is 19.4 Å². The van der Waals surface area contributed by atoms with Crippen LogP contribution in [0.3, 0.4) is 0 Å². The lowest BCUT2D eigenvalue weighted by Crippen LogP contribution is -2.03. The Balaban J connectivity index is 2.41. The van der Waals surface area contributed by atoms with E-state index in [4.69, 9.17) is 5.26 Å². The summed E-state index contributed by atoms with van der Waals surface area (Å²) in [6.45, 7) is 4.78. The monoisotopic (exact) mass is 232 g/mol. The zero-order valence-corrected chi connectivity index (χ0v) is 10.1. The molecule has 0 atom stereocenters. The SMILES string of the molecule is Cc1sc2ncnc(NCCC#N)c2c1C. The zero-order chi connectivity index (χ0) is 11.5. The minimum absolute atomic E-state index is 0.480. The van der Waals surface area contributed by atoms with Crippen LogP contribution < -0.4 is 5.32 Å². The number of rotatable bonds is 3. The third-order valence-corrected chi connectivity index (χ3v) is 3.61. The van der Waals surface area contributed by atoms with Crippen molar-refractivity contribution < 1.29 is 0 Å². The quantitative estimate of drug-likeness (QED) is 0.826. The molecule has 0 aliphatic heterocycles. The third kappa shape index (κ3) is 1.84. The molecule has 0 unspecified atom stereocenters. The van der Waals surface area contributed by atoms with E-state index >= 15 is 0 Å². The van der Waals surface area contributed by atoms with Gasteiger partial charge in [0.25, 0.3) is 0 Å². The van der Waals surface area contributed by atoms with Crippen molar-refractivity contribution in [2.45, 2.75) is 20.3 Å². The van der Waals surface area contributed by atoms with E-state index in [-0.39, 0.29) is 0 Å². The number of aryl methyl sites for hydroxylation is 2. The third-order valence-electron chi connectivity index (χ3n) is 2.49. The lowest BCUT2D eigenvalue weighted by atomic mass is 10.2. The topological polar surface area (TPSA) is 61.6 Å². The summed E-state index contributed by atoms with van der Waals surface area (Å²) in [7, 11) is 0. The van der Waals surface area contributed by atoms with Crippen LogP contribution in [0.1, 0.15) is 16.9 Å². The van der Waals surface area contributed by atoms with Crippen LogP contribution in [0.25, 0.3) is 10.2 Å². The summed E-state index contributed by atoms with van der Waals surface area (Å²) in [5, 5.41) is 12.8. The molecule has 1 N–H and O–H groups in total.